The van der Waals surface area contributed by atoms with Gasteiger partial charge in [-0.1, -0.05) is 50.1 Å². The minimum Gasteiger partial charge on any atom is -0.481 e. The highest BCUT2D eigenvalue weighted by molar-refractivity contribution is 5.83. The van der Waals surface area contributed by atoms with Crippen molar-refractivity contribution in [2.75, 3.05) is 19.8 Å². The van der Waals surface area contributed by atoms with Crippen molar-refractivity contribution in [2.45, 2.75) is 38.5 Å². The van der Waals surface area contributed by atoms with Crippen molar-refractivity contribution >= 4 is 11.9 Å². The number of carbonyl (C=O) groups is 2. The lowest BCUT2D eigenvalue weighted by Gasteiger charge is -2.25. The maximum absolute atomic E-state index is 11.7. The van der Waals surface area contributed by atoms with Crippen molar-refractivity contribution in [3.8, 4) is 0 Å². The van der Waals surface area contributed by atoms with Crippen LogP contribution in [0, 0.1) is 0 Å². The molecule has 2 N–H and O–H groups in total. The standard InChI is InChI=1S/C17H25NO4/c1-3-4-8-11-22-12-15(19)18-13-17(2,16(20)21)14-9-6-5-7-10-14/h5-7,9-10H,3-4,8,11-13H2,1-2H3,(H,18,19)(H,20,21). The molecule has 122 valence electrons. The summed E-state index contributed by atoms with van der Waals surface area (Å²) in [6.07, 6.45) is 3.11. The number of hydrogen-bond donors (Lipinski definition) is 2. The Balaban J connectivity index is 2.48. The van der Waals surface area contributed by atoms with E-state index in [2.05, 4.69) is 12.2 Å². The van der Waals surface area contributed by atoms with Crippen molar-refractivity contribution < 1.29 is 19.4 Å². The first-order valence-corrected chi connectivity index (χ1v) is 7.64. The van der Waals surface area contributed by atoms with Gasteiger partial charge in [0.1, 0.15) is 12.0 Å². The summed E-state index contributed by atoms with van der Waals surface area (Å²) in [6.45, 7) is 4.25. The number of carboxylic acids is 1. The number of rotatable bonds is 10. The van der Waals surface area contributed by atoms with Gasteiger partial charge < -0.3 is 15.2 Å². The molecular formula is C17H25NO4. The molecule has 1 rings (SSSR count). The fraction of sp³-hybridized carbons (Fsp3) is 0.529. The molecule has 22 heavy (non-hydrogen) atoms. The van der Waals surface area contributed by atoms with Crippen molar-refractivity contribution in [1.29, 1.82) is 0 Å². The van der Waals surface area contributed by atoms with Crippen LogP contribution in [0.1, 0.15) is 38.7 Å². The molecule has 0 aliphatic carbocycles. The van der Waals surface area contributed by atoms with Crippen molar-refractivity contribution in [1.82, 2.24) is 5.32 Å². The normalized spacial score (nSPS) is 13.4. The summed E-state index contributed by atoms with van der Waals surface area (Å²) in [7, 11) is 0. The van der Waals surface area contributed by atoms with E-state index in [-0.39, 0.29) is 19.1 Å². The molecule has 0 bridgehead atoms. The van der Waals surface area contributed by atoms with Crippen molar-refractivity contribution in [3.63, 3.8) is 0 Å². The molecule has 0 saturated heterocycles. The predicted octanol–water partition coefficient (Wildman–Crippen LogP) is 2.35. The molecule has 1 aromatic rings. The van der Waals surface area contributed by atoms with Crippen LogP contribution >= 0.6 is 0 Å². The zero-order chi connectivity index (χ0) is 16.4. The summed E-state index contributed by atoms with van der Waals surface area (Å²) in [4.78, 5) is 23.3. The summed E-state index contributed by atoms with van der Waals surface area (Å²) in [5, 5.41) is 12.1. The van der Waals surface area contributed by atoms with E-state index in [4.69, 9.17) is 4.74 Å². The van der Waals surface area contributed by atoms with E-state index in [1.165, 1.54) is 0 Å². The van der Waals surface area contributed by atoms with Crippen LogP contribution < -0.4 is 5.32 Å². The number of ether oxygens (including phenoxy) is 1. The summed E-state index contributed by atoms with van der Waals surface area (Å²) < 4.78 is 5.27. The second kappa shape index (κ2) is 9.20. The summed E-state index contributed by atoms with van der Waals surface area (Å²) in [5.74, 6) is -1.26. The van der Waals surface area contributed by atoms with E-state index in [1.807, 2.05) is 6.07 Å². The zero-order valence-corrected chi connectivity index (χ0v) is 13.3. The van der Waals surface area contributed by atoms with Gasteiger partial charge >= 0.3 is 5.97 Å². The molecule has 5 nitrogen and oxygen atoms in total. The number of unbranched alkanes of at least 4 members (excludes halogenated alkanes) is 2. The molecule has 1 aromatic carbocycles. The molecule has 1 amide bonds. The highest BCUT2D eigenvalue weighted by Crippen LogP contribution is 2.23. The van der Waals surface area contributed by atoms with E-state index in [1.54, 1.807) is 31.2 Å². The Hall–Kier alpha value is -1.88. The summed E-state index contributed by atoms with van der Waals surface area (Å²) in [6, 6.07) is 8.90. The number of aliphatic carboxylic acids is 1. The molecule has 0 saturated carbocycles. The lowest BCUT2D eigenvalue weighted by atomic mass is 9.82. The van der Waals surface area contributed by atoms with E-state index in [0.29, 0.717) is 12.2 Å². The van der Waals surface area contributed by atoms with Gasteiger partial charge in [0.15, 0.2) is 0 Å². The average molecular weight is 307 g/mol. The molecule has 0 aliphatic heterocycles. The topological polar surface area (TPSA) is 75.6 Å². The second-order valence-electron chi connectivity index (χ2n) is 5.54. The number of carboxylic acid groups (broad SMARTS) is 1. The Morgan fingerprint density at radius 1 is 1.23 bits per heavy atom. The Bertz CT molecular complexity index is 475. The third kappa shape index (κ3) is 5.48. The summed E-state index contributed by atoms with van der Waals surface area (Å²) >= 11 is 0. The molecular weight excluding hydrogens is 282 g/mol. The molecule has 1 atom stereocenters. The number of benzene rings is 1. The number of nitrogens with one attached hydrogen (secondary N) is 1. The molecule has 0 aliphatic rings. The van der Waals surface area contributed by atoms with Crippen LogP contribution in [0.4, 0.5) is 0 Å². The van der Waals surface area contributed by atoms with Crippen LogP contribution in [-0.2, 0) is 19.7 Å². The Kier molecular flexibility index (Phi) is 7.60. The van der Waals surface area contributed by atoms with Gasteiger partial charge in [0, 0.05) is 13.2 Å². The van der Waals surface area contributed by atoms with Crippen molar-refractivity contribution in [2.24, 2.45) is 0 Å². The predicted molar refractivity (Wildman–Crippen MR) is 84.8 cm³/mol. The van der Waals surface area contributed by atoms with Gasteiger partial charge in [-0.15, -0.1) is 0 Å². The first-order valence-electron chi connectivity index (χ1n) is 7.64. The number of carbonyl (C=O) groups excluding carboxylic acids is 1. The smallest absolute Gasteiger partial charge is 0.315 e. The minimum absolute atomic E-state index is 0.0312. The monoisotopic (exact) mass is 307 g/mol. The third-order valence-electron chi connectivity index (χ3n) is 3.65. The maximum Gasteiger partial charge on any atom is 0.315 e. The minimum atomic E-state index is -1.15. The molecule has 0 fully saturated rings. The van der Waals surface area contributed by atoms with E-state index >= 15 is 0 Å². The van der Waals surface area contributed by atoms with E-state index < -0.39 is 11.4 Å². The third-order valence-corrected chi connectivity index (χ3v) is 3.65. The average Bonchev–Trinajstić information content (AvgIpc) is 2.53. The highest BCUT2D eigenvalue weighted by Gasteiger charge is 2.35. The summed E-state index contributed by atoms with van der Waals surface area (Å²) in [5.41, 5.74) is -0.495. The second-order valence-corrected chi connectivity index (χ2v) is 5.54. The molecule has 5 heteroatoms. The van der Waals surface area contributed by atoms with Gasteiger partial charge in [0.2, 0.25) is 5.91 Å². The molecule has 1 unspecified atom stereocenters. The van der Waals surface area contributed by atoms with Crippen LogP contribution in [0.25, 0.3) is 0 Å². The fourth-order valence-corrected chi connectivity index (χ4v) is 2.05. The zero-order valence-electron chi connectivity index (χ0n) is 13.3. The molecule has 0 aromatic heterocycles. The number of hydrogen-bond acceptors (Lipinski definition) is 3. The lowest BCUT2D eigenvalue weighted by Crippen LogP contribution is -2.45. The van der Waals surface area contributed by atoms with Gasteiger partial charge in [-0.3, -0.25) is 9.59 Å². The first kappa shape index (κ1) is 18.2. The van der Waals surface area contributed by atoms with Gasteiger partial charge in [-0.2, -0.15) is 0 Å². The van der Waals surface area contributed by atoms with E-state index in [0.717, 1.165) is 19.3 Å². The van der Waals surface area contributed by atoms with Crippen LogP contribution in [0.3, 0.4) is 0 Å². The highest BCUT2D eigenvalue weighted by atomic mass is 16.5. The van der Waals surface area contributed by atoms with Gasteiger partial charge in [0.25, 0.3) is 0 Å². The van der Waals surface area contributed by atoms with Crippen LogP contribution in [0.5, 0.6) is 0 Å². The largest absolute Gasteiger partial charge is 0.481 e. The SMILES string of the molecule is CCCCCOCC(=O)NCC(C)(C(=O)O)c1ccccc1. The Morgan fingerprint density at radius 3 is 2.50 bits per heavy atom. The maximum atomic E-state index is 11.7. The lowest BCUT2D eigenvalue weighted by molar-refractivity contribution is -0.143. The first-order chi connectivity index (χ1) is 10.5. The van der Waals surface area contributed by atoms with Crippen LogP contribution in [0.2, 0.25) is 0 Å². The van der Waals surface area contributed by atoms with Crippen LogP contribution in [-0.4, -0.2) is 36.7 Å². The molecule has 0 radical (unpaired) electrons. The van der Waals surface area contributed by atoms with Gasteiger partial charge in [-0.25, -0.2) is 0 Å². The number of amides is 1. The fourth-order valence-electron chi connectivity index (χ4n) is 2.05. The van der Waals surface area contributed by atoms with Crippen molar-refractivity contribution in [3.05, 3.63) is 35.9 Å². The van der Waals surface area contributed by atoms with Gasteiger partial charge in [0.05, 0.1) is 0 Å². The van der Waals surface area contributed by atoms with Crippen LogP contribution in [0.15, 0.2) is 30.3 Å². The Labute approximate surface area is 131 Å². The molecule has 0 heterocycles. The van der Waals surface area contributed by atoms with E-state index in [9.17, 15) is 14.7 Å². The molecule has 0 spiro atoms. The quantitative estimate of drug-likeness (QED) is 0.651. The Morgan fingerprint density at radius 2 is 1.91 bits per heavy atom. The van der Waals surface area contributed by atoms with Gasteiger partial charge in [-0.05, 0) is 18.9 Å².